The number of nitrogens with zero attached hydrogens (tertiary/aromatic N) is 1. The molecule has 2 N–H and O–H groups in total. The number of hydrogen-bond donors (Lipinski definition) is 2. The molecule has 1 aliphatic rings. The molecule has 0 aromatic carbocycles. The second-order valence-electron chi connectivity index (χ2n) is 4.15. The fourth-order valence-electron chi connectivity index (χ4n) is 1.69. The van der Waals surface area contributed by atoms with Gasteiger partial charge in [-0.1, -0.05) is 0 Å². The van der Waals surface area contributed by atoms with Crippen LogP contribution in [-0.2, 0) is 10.0 Å². The van der Waals surface area contributed by atoms with Crippen LogP contribution in [0.2, 0.25) is 0 Å². The molecule has 0 bridgehead atoms. The molecule has 2 heterocycles. The van der Waals surface area contributed by atoms with Gasteiger partial charge in [-0.2, -0.15) is 16.9 Å². The van der Waals surface area contributed by atoms with Gasteiger partial charge < -0.3 is 0 Å². The lowest BCUT2D eigenvalue weighted by Crippen LogP contribution is -2.36. The van der Waals surface area contributed by atoms with Crippen molar-refractivity contribution in [1.29, 1.82) is 0 Å². The minimum absolute atomic E-state index is 0.0348. The first-order valence-corrected chi connectivity index (χ1v) is 7.62. The molecule has 1 saturated heterocycles. The predicted octanol–water partition coefficient (Wildman–Crippen LogP) is 0.974. The van der Waals surface area contributed by atoms with E-state index in [1.165, 1.54) is 12.3 Å². The van der Waals surface area contributed by atoms with Crippen molar-refractivity contribution in [2.45, 2.75) is 29.5 Å². The van der Waals surface area contributed by atoms with Crippen LogP contribution in [0.5, 0.6) is 0 Å². The Kier molecular flexibility index (Phi) is 3.27. The molecule has 1 fully saturated rings. The van der Waals surface area contributed by atoms with Gasteiger partial charge in [0.25, 0.3) is 10.0 Å². The smallest absolute Gasteiger partial charge is 0.257 e. The van der Waals surface area contributed by atoms with Crippen LogP contribution in [0.25, 0.3) is 0 Å². The Labute approximate surface area is 99.4 Å². The van der Waals surface area contributed by atoms with E-state index in [9.17, 15) is 8.42 Å². The summed E-state index contributed by atoms with van der Waals surface area (Å²) in [5, 5.41) is 6.22. The van der Waals surface area contributed by atoms with Crippen molar-refractivity contribution >= 4 is 21.8 Å². The van der Waals surface area contributed by atoms with Crippen molar-refractivity contribution in [2.75, 3.05) is 12.3 Å². The molecule has 7 heteroatoms. The van der Waals surface area contributed by atoms with Crippen LogP contribution in [0.1, 0.15) is 19.8 Å². The molecule has 0 radical (unpaired) electrons. The summed E-state index contributed by atoms with van der Waals surface area (Å²) in [6.07, 6.45) is 3.65. The first-order valence-electron chi connectivity index (χ1n) is 5.15. The molecule has 0 amide bonds. The molecule has 5 nitrogen and oxygen atoms in total. The number of sulfonamides is 1. The van der Waals surface area contributed by atoms with Crippen LogP contribution in [0.4, 0.5) is 0 Å². The molecule has 1 aromatic heterocycles. The van der Waals surface area contributed by atoms with E-state index in [0.717, 1.165) is 18.6 Å². The molecular weight excluding hydrogens is 246 g/mol. The average Bonchev–Trinajstić information content (AvgIpc) is 2.86. The van der Waals surface area contributed by atoms with E-state index in [0.29, 0.717) is 6.54 Å². The molecule has 0 saturated carbocycles. The molecule has 90 valence electrons. The summed E-state index contributed by atoms with van der Waals surface area (Å²) >= 11 is 1.83. The number of aromatic amines is 1. The Morgan fingerprint density at radius 1 is 1.69 bits per heavy atom. The van der Waals surface area contributed by atoms with Crippen molar-refractivity contribution in [3.63, 3.8) is 0 Å². The van der Waals surface area contributed by atoms with E-state index in [-0.39, 0.29) is 9.77 Å². The van der Waals surface area contributed by atoms with E-state index in [1.807, 2.05) is 11.8 Å². The van der Waals surface area contributed by atoms with Crippen LogP contribution in [0.3, 0.4) is 0 Å². The molecule has 16 heavy (non-hydrogen) atoms. The highest BCUT2D eigenvalue weighted by Gasteiger charge is 2.31. The van der Waals surface area contributed by atoms with Crippen molar-refractivity contribution in [2.24, 2.45) is 0 Å². The topological polar surface area (TPSA) is 74.8 Å². The number of nitrogens with one attached hydrogen (secondary N) is 2. The minimum atomic E-state index is -3.42. The second-order valence-corrected chi connectivity index (χ2v) is 7.57. The molecule has 1 aromatic rings. The second kappa shape index (κ2) is 4.38. The lowest BCUT2D eigenvalue weighted by Gasteiger charge is -2.22. The first kappa shape index (κ1) is 11.9. The summed E-state index contributed by atoms with van der Waals surface area (Å²) in [5.74, 6) is 1.11. The maximum absolute atomic E-state index is 11.8. The fraction of sp³-hybridized carbons (Fsp3) is 0.667. The highest BCUT2D eigenvalue weighted by molar-refractivity contribution is 8.01. The van der Waals surface area contributed by atoms with Gasteiger partial charge in [-0.3, -0.25) is 5.10 Å². The van der Waals surface area contributed by atoms with Gasteiger partial charge in [0.1, 0.15) is 0 Å². The van der Waals surface area contributed by atoms with Gasteiger partial charge in [-0.05, 0) is 31.6 Å². The van der Waals surface area contributed by atoms with Crippen LogP contribution in [0.15, 0.2) is 17.3 Å². The predicted molar refractivity (Wildman–Crippen MR) is 63.9 cm³/mol. The van der Waals surface area contributed by atoms with E-state index in [2.05, 4.69) is 21.8 Å². The molecule has 1 aliphatic heterocycles. The van der Waals surface area contributed by atoms with Crippen LogP contribution < -0.4 is 4.72 Å². The normalized spacial score (nSPS) is 26.1. The van der Waals surface area contributed by atoms with E-state index >= 15 is 0 Å². The number of aromatic nitrogens is 2. The van der Waals surface area contributed by atoms with Gasteiger partial charge in [0.15, 0.2) is 5.03 Å². The van der Waals surface area contributed by atoms with Gasteiger partial charge in [0.05, 0.1) is 6.20 Å². The lowest BCUT2D eigenvalue weighted by atomic mass is 10.1. The minimum Gasteiger partial charge on any atom is -0.266 e. The van der Waals surface area contributed by atoms with Crippen LogP contribution >= 0.6 is 11.8 Å². The van der Waals surface area contributed by atoms with E-state index in [1.54, 1.807) is 0 Å². The van der Waals surface area contributed by atoms with E-state index in [4.69, 9.17) is 0 Å². The Bertz CT molecular complexity index is 435. The maximum atomic E-state index is 11.8. The summed E-state index contributed by atoms with van der Waals surface area (Å²) in [7, 11) is -3.42. The number of H-pyrrole nitrogens is 1. The van der Waals surface area contributed by atoms with E-state index < -0.39 is 10.0 Å². The van der Waals surface area contributed by atoms with Crippen molar-refractivity contribution in [3.8, 4) is 0 Å². The molecule has 0 aliphatic carbocycles. The van der Waals surface area contributed by atoms with Crippen molar-refractivity contribution < 1.29 is 8.42 Å². The molecular formula is C9H15N3O2S2. The number of thioether (sulfide) groups is 1. The Morgan fingerprint density at radius 3 is 3.06 bits per heavy atom. The molecule has 1 unspecified atom stereocenters. The summed E-state index contributed by atoms with van der Waals surface area (Å²) in [5.41, 5.74) is 0. The zero-order chi connectivity index (χ0) is 11.6. The Balaban J connectivity index is 2.00. The van der Waals surface area contributed by atoms with Gasteiger partial charge in [-0.15, -0.1) is 0 Å². The first-order chi connectivity index (χ1) is 7.52. The highest BCUT2D eigenvalue weighted by Crippen LogP contribution is 2.37. The fourth-order valence-corrected chi connectivity index (χ4v) is 4.11. The van der Waals surface area contributed by atoms with Crippen molar-refractivity contribution in [1.82, 2.24) is 14.9 Å². The lowest BCUT2D eigenvalue weighted by molar-refractivity contribution is 0.549. The zero-order valence-electron chi connectivity index (χ0n) is 9.06. The summed E-state index contributed by atoms with van der Waals surface area (Å²) in [4.78, 5) is 0. The summed E-state index contributed by atoms with van der Waals surface area (Å²) in [6, 6.07) is 1.45. The molecule has 2 rings (SSSR count). The van der Waals surface area contributed by atoms with Gasteiger partial charge >= 0.3 is 0 Å². The van der Waals surface area contributed by atoms with Gasteiger partial charge in [0, 0.05) is 11.3 Å². The number of rotatable bonds is 4. The highest BCUT2D eigenvalue weighted by atomic mass is 32.2. The van der Waals surface area contributed by atoms with Crippen LogP contribution in [-0.4, -0.2) is 35.7 Å². The molecule has 1 atom stereocenters. The van der Waals surface area contributed by atoms with Crippen LogP contribution in [0, 0.1) is 0 Å². The monoisotopic (exact) mass is 261 g/mol. The third-order valence-corrected chi connectivity index (χ3v) is 5.57. The third kappa shape index (κ3) is 2.58. The van der Waals surface area contributed by atoms with Gasteiger partial charge in [0.2, 0.25) is 0 Å². The van der Waals surface area contributed by atoms with Crippen molar-refractivity contribution in [3.05, 3.63) is 12.3 Å². The third-order valence-electron chi connectivity index (χ3n) is 2.70. The zero-order valence-corrected chi connectivity index (χ0v) is 10.7. The van der Waals surface area contributed by atoms with Gasteiger partial charge in [-0.25, -0.2) is 13.1 Å². The quantitative estimate of drug-likeness (QED) is 0.847. The number of hydrogen-bond acceptors (Lipinski definition) is 4. The standard InChI is InChI=1S/C9H15N3O2S2/c1-9(4-2-6-15-9)7-11-16(13,14)8-3-5-10-12-8/h3,5,11H,2,4,6-7H2,1H3,(H,10,12). The SMILES string of the molecule is CC1(CNS(=O)(=O)c2ccn[nH]2)CCCS1. The Morgan fingerprint density at radius 2 is 2.50 bits per heavy atom. The molecule has 0 spiro atoms. The summed E-state index contributed by atoms with van der Waals surface area (Å²) in [6.45, 7) is 2.57. The average molecular weight is 261 g/mol. The summed E-state index contributed by atoms with van der Waals surface area (Å²) < 4.78 is 26.3. The Hall–Kier alpha value is -0.530. The largest absolute Gasteiger partial charge is 0.266 e. The maximum Gasteiger partial charge on any atom is 0.257 e.